The molecule has 222 valence electrons. The predicted octanol–water partition coefficient (Wildman–Crippen LogP) is 5.45. The van der Waals surface area contributed by atoms with Crippen molar-refractivity contribution >= 4 is 22.9 Å². The van der Waals surface area contributed by atoms with E-state index in [0.717, 1.165) is 61.3 Å². The highest BCUT2D eigenvalue weighted by Gasteiger charge is 2.23. The molecule has 0 atom stereocenters. The second-order valence-corrected chi connectivity index (χ2v) is 9.97. The molecular weight excluding hydrogens is 545 g/mol. The molecule has 0 saturated heterocycles. The fourth-order valence-electron chi connectivity index (χ4n) is 4.96. The summed E-state index contributed by atoms with van der Waals surface area (Å²) < 4.78 is 46.3. The van der Waals surface area contributed by atoms with Crippen LogP contribution in [0.5, 0.6) is 0 Å². The van der Waals surface area contributed by atoms with E-state index >= 15 is 4.39 Å². The van der Waals surface area contributed by atoms with E-state index in [-0.39, 0.29) is 33.8 Å². The minimum atomic E-state index is -0.955. The number of carbonyl (C=O) groups excluding carboxylic acids is 1. The van der Waals surface area contributed by atoms with Gasteiger partial charge in [-0.15, -0.1) is 0 Å². The second-order valence-electron chi connectivity index (χ2n) is 9.97. The number of primary amides is 1. The number of amides is 1. The first-order chi connectivity index (χ1) is 20.2. The third kappa shape index (κ3) is 6.46. The molecule has 11 heteroatoms. The van der Waals surface area contributed by atoms with Gasteiger partial charge in [-0.1, -0.05) is 33.3 Å². The van der Waals surface area contributed by atoms with E-state index in [9.17, 15) is 18.4 Å². The third-order valence-corrected chi connectivity index (χ3v) is 7.26. The molecule has 8 nitrogen and oxygen atoms in total. The van der Waals surface area contributed by atoms with Crippen LogP contribution in [0, 0.1) is 17.5 Å². The van der Waals surface area contributed by atoms with Crippen molar-refractivity contribution in [1.29, 1.82) is 0 Å². The molecule has 4 aromatic rings. The summed E-state index contributed by atoms with van der Waals surface area (Å²) in [5, 5.41) is 3.40. The van der Waals surface area contributed by atoms with Gasteiger partial charge in [0.1, 0.15) is 23.1 Å². The van der Waals surface area contributed by atoms with Crippen molar-refractivity contribution in [3.63, 3.8) is 0 Å². The van der Waals surface area contributed by atoms with Crippen LogP contribution in [0.3, 0.4) is 0 Å². The van der Waals surface area contributed by atoms with Crippen molar-refractivity contribution in [1.82, 2.24) is 19.4 Å². The van der Waals surface area contributed by atoms with Gasteiger partial charge in [-0.05, 0) is 74.8 Å². The Morgan fingerprint density at radius 2 is 1.69 bits per heavy atom. The normalized spacial score (nSPS) is 11.4. The summed E-state index contributed by atoms with van der Waals surface area (Å²) in [5.74, 6) is -3.27. The number of rotatable bonds is 13. The van der Waals surface area contributed by atoms with Crippen LogP contribution in [0.4, 0.5) is 19.1 Å². The summed E-state index contributed by atoms with van der Waals surface area (Å²) in [6, 6.07) is 8.44. The van der Waals surface area contributed by atoms with Gasteiger partial charge >= 0.3 is 0 Å². The van der Waals surface area contributed by atoms with Crippen molar-refractivity contribution in [2.45, 2.75) is 46.5 Å². The summed E-state index contributed by atoms with van der Waals surface area (Å²) in [7, 11) is 0. The van der Waals surface area contributed by atoms with Gasteiger partial charge in [-0.2, -0.15) is 4.98 Å². The van der Waals surface area contributed by atoms with Crippen LogP contribution in [-0.4, -0.2) is 51.5 Å². The van der Waals surface area contributed by atoms with Gasteiger partial charge in [0.2, 0.25) is 11.9 Å². The molecule has 0 aliphatic heterocycles. The number of fused-ring (bicyclic) bond motifs is 1. The van der Waals surface area contributed by atoms with Gasteiger partial charge in [0, 0.05) is 29.1 Å². The Hall–Kier alpha value is -4.25. The van der Waals surface area contributed by atoms with Gasteiger partial charge in [-0.3, -0.25) is 14.2 Å². The monoisotopic (exact) mass is 580 g/mol. The maximum absolute atomic E-state index is 15.5. The average Bonchev–Trinajstić information content (AvgIpc) is 2.96. The smallest absolute Gasteiger partial charge is 0.256 e. The Morgan fingerprint density at radius 1 is 0.976 bits per heavy atom. The Kier molecular flexibility index (Phi) is 9.95. The third-order valence-electron chi connectivity index (χ3n) is 7.26. The van der Waals surface area contributed by atoms with Gasteiger partial charge in [0.15, 0.2) is 5.65 Å². The zero-order valence-corrected chi connectivity index (χ0v) is 24.0. The Morgan fingerprint density at radius 3 is 2.33 bits per heavy atom. The number of para-hydroxylation sites is 1. The zero-order valence-electron chi connectivity index (χ0n) is 24.0. The molecule has 0 aliphatic carbocycles. The number of hydrogen-bond donors (Lipinski definition) is 2. The molecule has 2 aromatic heterocycles. The lowest BCUT2D eigenvalue weighted by Crippen LogP contribution is -2.25. The molecule has 2 aromatic carbocycles. The van der Waals surface area contributed by atoms with Gasteiger partial charge in [-0.25, -0.2) is 18.2 Å². The Balaban J connectivity index is 2.00. The van der Waals surface area contributed by atoms with Gasteiger partial charge < -0.3 is 16.0 Å². The van der Waals surface area contributed by atoms with Gasteiger partial charge in [0.25, 0.3) is 5.56 Å². The summed E-state index contributed by atoms with van der Waals surface area (Å²) >= 11 is 0. The SMILES string of the molecule is CCCCc1c(F)cc(C(N)=O)cc1-c1nc(NCCCN(CC)CC)nc2c1ccc(=O)n2-c1c(F)cccc1F. The minimum absolute atomic E-state index is 0.0586. The number of aromatic nitrogens is 3. The lowest BCUT2D eigenvalue weighted by molar-refractivity contribution is 0.1000. The Bertz CT molecular complexity index is 1630. The van der Waals surface area contributed by atoms with Crippen LogP contribution < -0.4 is 16.6 Å². The fraction of sp³-hybridized carbons (Fsp3) is 0.355. The van der Waals surface area contributed by atoms with E-state index in [1.54, 1.807) is 0 Å². The number of benzene rings is 2. The maximum Gasteiger partial charge on any atom is 0.256 e. The highest BCUT2D eigenvalue weighted by atomic mass is 19.1. The number of pyridine rings is 1. The molecule has 1 amide bonds. The number of nitrogens with two attached hydrogens (primary N) is 1. The van der Waals surface area contributed by atoms with Gasteiger partial charge in [0.05, 0.1) is 5.69 Å². The van der Waals surface area contributed by atoms with E-state index in [0.29, 0.717) is 24.9 Å². The van der Waals surface area contributed by atoms with Crippen molar-refractivity contribution in [2.75, 3.05) is 31.5 Å². The number of carbonyl (C=O) groups is 1. The van der Waals surface area contributed by atoms with Crippen LogP contribution in [0.25, 0.3) is 28.0 Å². The van der Waals surface area contributed by atoms with Crippen LogP contribution in [-0.2, 0) is 6.42 Å². The number of nitrogens with one attached hydrogen (secondary N) is 1. The minimum Gasteiger partial charge on any atom is -0.366 e. The molecule has 0 bridgehead atoms. The van der Waals surface area contributed by atoms with Crippen molar-refractivity contribution in [3.8, 4) is 16.9 Å². The number of nitrogens with zero attached hydrogens (tertiary/aromatic N) is 4. The van der Waals surface area contributed by atoms with Crippen LogP contribution in [0.1, 0.15) is 56.0 Å². The summed E-state index contributed by atoms with van der Waals surface area (Å²) in [4.78, 5) is 36.7. The number of halogens is 3. The topological polar surface area (TPSA) is 106 Å². The fourth-order valence-corrected chi connectivity index (χ4v) is 4.96. The van der Waals surface area contributed by atoms with E-state index < -0.39 is 34.6 Å². The quantitative estimate of drug-likeness (QED) is 0.204. The number of hydrogen-bond acceptors (Lipinski definition) is 6. The molecule has 4 rings (SSSR count). The molecule has 3 N–H and O–H groups in total. The lowest BCUT2D eigenvalue weighted by Gasteiger charge is -2.19. The molecule has 42 heavy (non-hydrogen) atoms. The first kappa shape index (κ1) is 30.7. The molecule has 0 radical (unpaired) electrons. The molecule has 0 fully saturated rings. The first-order valence-corrected chi connectivity index (χ1v) is 14.2. The largest absolute Gasteiger partial charge is 0.366 e. The molecule has 2 heterocycles. The Labute approximate surface area is 242 Å². The molecule has 0 spiro atoms. The average molecular weight is 581 g/mol. The molecule has 0 unspecified atom stereocenters. The van der Waals surface area contributed by atoms with E-state index in [1.165, 1.54) is 18.2 Å². The zero-order chi connectivity index (χ0) is 30.4. The van der Waals surface area contributed by atoms with Crippen molar-refractivity contribution in [2.24, 2.45) is 5.73 Å². The second kappa shape index (κ2) is 13.6. The lowest BCUT2D eigenvalue weighted by atomic mass is 9.94. The van der Waals surface area contributed by atoms with E-state index in [4.69, 9.17) is 10.7 Å². The van der Waals surface area contributed by atoms with Crippen LogP contribution in [0.15, 0.2) is 47.3 Å². The predicted molar refractivity (Wildman–Crippen MR) is 158 cm³/mol. The van der Waals surface area contributed by atoms with Crippen molar-refractivity contribution in [3.05, 3.63) is 81.4 Å². The summed E-state index contributed by atoms with van der Waals surface area (Å²) in [6.45, 7) is 9.20. The highest BCUT2D eigenvalue weighted by Crippen LogP contribution is 2.34. The van der Waals surface area contributed by atoms with Crippen LogP contribution >= 0.6 is 0 Å². The van der Waals surface area contributed by atoms with Crippen molar-refractivity contribution < 1.29 is 18.0 Å². The highest BCUT2D eigenvalue weighted by molar-refractivity contribution is 5.98. The number of anilines is 1. The summed E-state index contributed by atoms with van der Waals surface area (Å²) in [5.41, 5.74) is 4.88. The maximum atomic E-state index is 15.5. The number of unbranched alkanes of at least 4 members (excludes halogenated alkanes) is 1. The van der Waals surface area contributed by atoms with E-state index in [2.05, 4.69) is 29.0 Å². The van der Waals surface area contributed by atoms with E-state index in [1.807, 2.05) is 6.92 Å². The van der Waals surface area contributed by atoms with Crippen LogP contribution in [0.2, 0.25) is 0 Å². The first-order valence-electron chi connectivity index (χ1n) is 14.2. The molecule has 0 aliphatic rings. The summed E-state index contributed by atoms with van der Waals surface area (Å²) in [6.07, 6.45) is 2.53. The standard InChI is InChI=1S/C31H35F3N6O2/c1-4-7-10-20-22(17-19(29(35)42)18-25(20)34)27-21-13-14-26(41)40(28-23(32)11-8-12-24(28)33)30(21)38-31(37-27)36-15-9-16-39(5-2)6-3/h8,11-14,17-18H,4-7,9-10,15-16H2,1-3H3,(H2,35,42)(H,36,37,38). The molecule has 0 saturated carbocycles. The molecular formula is C31H35F3N6O2.